The van der Waals surface area contributed by atoms with E-state index in [9.17, 15) is 0 Å². The van der Waals surface area contributed by atoms with Gasteiger partial charge >= 0.3 is 0 Å². The summed E-state index contributed by atoms with van der Waals surface area (Å²) in [6.07, 6.45) is 6.68. The number of hydrogen-bond acceptors (Lipinski definition) is 1. The van der Waals surface area contributed by atoms with E-state index in [0.29, 0.717) is 5.92 Å². The summed E-state index contributed by atoms with van der Waals surface area (Å²) in [4.78, 5) is 0. The van der Waals surface area contributed by atoms with Crippen molar-refractivity contribution in [3.8, 4) is 0 Å². The molecule has 0 saturated heterocycles. The van der Waals surface area contributed by atoms with E-state index in [1.807, 2.05) is 6.07 Å². The fourth-order valence-corrected chi connectivity index (χ4v) is 3.04. The molecule has 2 heteroatoms. The first-order valence-corrected chi connectivity index (χ1v) is 6.58. The van der Waals surface area contributed by atoms with E-state index in [1.165, 1.54) is 37.7 Å². The standard InChI is InChI=1S/C13H18BrN/c14-12-9-5-4-8-11(12)13(15)10-6-2-1-3-7-10/h4-5,8-10,13H,1-3,6-7,15H2/t13-/m1/s1. The van der Waals surface area contributed by atoms with Crippen LogP contribution in [-0.4, -0.2) is 0 Å². The molecular weight excluding hydrogens is 250 g/mol. The van der Waals surface area contributed by atoms with Crippen molar-refractivity contribution in [3.63, 3.8) is 0 Å². The highest BCUT2D eigenvalue weighted by Gasteiger charge is 2.22. The minimum Gasteiger partial charge on any atom is -0.324 e. The highest BCUT2D eigenvalue weighted by atomic mass is 79.9. The monoisotopic (exact) mass is 267 g/mol. The Kier molecular flexibility index (Phi) is 3.81. The predicted octanol–water partition coefficient (Wildman–Crippen LogP) is 4.03. The van der Waals surface area contributed by atoms with E-state index in [4.69, 9.17) is 5.73 Å². The minimum atomic E-state index is 0.209. The van der Waals surface area contributed by atoms with Crippen LogP contribution in [0.3, 0.4) is 0 Å². The average molecular weight is 268 g/mol. The lowest BCUT2D eigenvalue weighted by Gasteiger charge is -2.28. The first kappa shape index (κ1) is 11.2. The Balaban J connectivity index is 2.12. The molecule has 1 nitrogen and oxygen atoms in total. The fraction of sp³-hybridized carbons (Fsp3) is 0.538. The molecule has 2 rings (SSSR count). The molecule has 0 aliphatic heterocycles. The zero-order valence-corrected chi connectivity index (χ0v) is 10.5. The van der Waals surface area contributed by atoms with Crippen molar-refractivity contribution < 1.29 is 0 Å². The van der Waals surface area contributed by atoms with Crippen molar-refractivity contribution in [2.24, 2.45) is 11.7 Å². The summed E-state index contributed by atoms with van der Waals surface area (Å²) in [5, 5.41) is 0. The van der Waals surface area contributed by atoms with Crippen molar-refractivity contribution in [1.82, 2.24) is 0 Å². The highest BCUT2D eigenvalue weighted by Crippen LogP contribution is 2.35. The molecule has 0 spiro atoms. The molecule has 15 heavy (non-hydrogen) atoms. The summed E-state index contributed by atoms with van der Waals surface area (Å²) in [7, 11) is 0. The van der Waals surface area contributed by atoms with Gasteiger partial charge in [-0.05, 0) is 30.4 Å². The Morgan fingerprint density at radius 1 is 1.13 bits per heavy atom. The maximum Gasteiger partial charge on any atom is 0.0334 e. The molecule has 0 bridgehead atoms. The van der Waals surface area contributed by atoms with Crippen LogP contribution >= 0.6 is 15.9 Å². The normalized spacial score (nSPS) is 20.1. The molecule has 1 fully saturated rings. The van der Waals surface area contributed by atoms with Gasteiger partial charge in [0.1, 0.15) is 0 Å². The maximum atomic E-state index is 6.34. The molecule has 1 aromatic rings. The van der Waals surface area contributed by atoms with Gasteiger partial charge in [-0.2, -0.15) is 0 Å². The van der Waals surface area contributed by atoms with E-state index in [0.717, 1.165) is 4.47 Å². The van der Waals surface area contributed by atoms with Gasteiger partial charge in [-0.3, -0.25) is 0 Å². The molecule has 1 aromatic carbocycles. The molecule has 1 aliphatic carbocycles. The molecule has 0 radical (unpaired) electrons. The second kappa shape index (κ2) is 5.13. The zero-order chi connectivity index (χ0) is 10.7. The molecule has 1 atom stereocenters. The predicted molar refractivity (Wildman–Crippen MR) is 67.6 cm³/mol. The summed E-state index contributed by atoms with van der Waals surface area (Å²) in [6.45, 7) is 0. The second-order valence-corrected chi connectivity index (χ2v) is 5.30. The minimum absolute atomic E-state index is 0.209. The van der Waals surface area contributed by atoms with Gasteiger partial charge in [0.25, 0.3) is 0 Å². The third-order valence-corrected chi connectivity index (χ3v) is 4.14. The maximum absolute atomic E-state index is 6.34. The number of halogens is 1. The molecular formula is C13H18BrN. The molecule has 0 amide bonds. The second-order valence-electron chi connectivity index (χ2n) is 4.45. The zero-order valence-electron chi connectivity index (χ0n) is 8.95. The van der Waals surface area contributed by atoms with Crippen molar-refractivity contribution in [2.45, 2.75) is 38.1 Å². The van der Waals surface area contributed by atoms with Crippen LogP contribution in [0.25, 0.3) is 0 Å². The Morgan fingerprint density at radius 2 is 1.80 bits per heavy atom. The number of rotatable bonds is 2. The van der Waals surface area contributed by atoms with Crippen molar-refractivity contribution in [3.05, 3.63) is 34.3 Å². The summed E-state index contributed by atoms with van der Waals surface area (Å²) in [5.41, 5.74) is 7.61. The molecule has 0 aromatic heterocycles. The van der Waals surface area contributed by atoms with E-state index in [1.54, 1.807) is 0 Å². The Labute approximate surface area is 100 Å². The van der Waals surface area contributed by atoms with Gasteiger partial charge < -0.3 is 5.73 Å². The smallest absolute Gasteiger partial charge is 0.0334 e. The molecule has 1 aliphatic rings. The lowest BCUT2D eigenvalue weighted by molar-refractivity contribution is 0.307. The van der Waals surface area contributed by atoms with Gasteiger partial charge in [0.15, 0.2) is 0 Å². The molecule has 0 heterocycles. The average Bonchev–Trinajstić information content (AvgIpc) is 2.30. The van der Waals surface area contributed by atoms with Crippen LogP contribution in [0.5, 0.6) is 0 Å². The van der Waals surface area contributed by atoms with Gasteiger partial charge in [0, 0.05) is 10.5 Å². The first-order valence-electron chi connectivity index (χ1n) is 5.79. The largest absolute Gasteiger partial charge is 0.324 e. The van der Waals surface area contributed by atoms with E-state index >= 15 is 0 Å². The lowest BCUT2D eigenvalue weighted by atomic mass is 9.81. The van der Waals surface area contributed by atoms with Crippen LogP contribution in [0.15, 0.2) is 28.7 Å². The van der Waals surface area contributed by atoms with Crippen LogP contribution in [0.2, 0.25) is 0 Å². The summed E-state index contributed by atoms with van der Waals surface area (Å²) < 4.78 is 1.16. The van der Waals surface area contributed by atoms with Crippen LogP contribution in [0.4, 0.5) is 0 Å². The quantitative estimate of drug-likeness (QED) is 0.861. The van der Waals surface area contributed by atoms with Crippen LogP contribution in [0.1, 0.15) is 43.7 Å². The summed E-state index contributed by atoms with van der Waals surface area (Å²) in [6, 6.07) is 8.55. The third kappa shape index (κ3) is 2.61. The van der Waals surface area contributed by atoms with Gasteiger partial charge in [-0.15, -0.1) is 0 Å². The van der Waals surface area contributed by atoms with Crippen LogP contribution < -0.4 is 5.73 Å². The Morgan fingerprint density at radius 3 is 2.47 bits per heavy atom. The van der Waals surface area contributed by atoms with Gasteiger partial charge in [-0.1, -0.05) is 53.4 Å². The van der Waals surface area contributed by atoms with Crippen LogP contribution in [0, 0.1) is 5.92 Å². The van der Waals surface area contributed by atoms with E-state index < -0.39 is 0 Å². The van der Waals surface area contributed by atoms with Crippen molar-refractivity contribution in [1.29, 1.82) is 0 Å². The molecule has 82 valence electrons. The van der Waals surface area contributed by atoms with Gasteiger partial charge in [0.2, 0.25) is 0 Å². The Bertz CT molecular complexity index is 318. The topological polar surface area (TPSA) is 26.0 Å². The Hall–Kier alpha value is -0.340. The summed E-state index contributed by atoms with van der Waals surface area (Å²) in [5.74, 6) is 0.678. The summed E-state index contributed by atoms with van der Waals surface area (Å²) >= 11 is 3.58. The third-order valence-electron chi connectivity index (χ3n) is 3.42. The molecule has 1 saturated carbocycles. The first-order chi connectivity index (χ1) is 7.29. The van der Waals surface area contributed by atoms with Crippen molar-refractivity contribution in [2.75, 3.05) is 0 Å². The van der Waals surface area contributed by atoms with Gasteiger partial charge in [0.05, 0.1) is 0 Å². The van der Waals surface area contributed by atoms with Gasteiger partial charge in [-0.25, -0.2) is 0 Å². The fourth-order valence-electron chi connectivity index (χ4n) is 2.49. The SMILES string of the molecule is N[C@@H](c1ccccc1Br)C1CCCCC1. The molecule has 0 unspecified atom stereocenters. The highest BCUT2D eigenvalue weighted by molar-refractivity contribution is 9.10. The van der Waals surface area contributed by atoms with E-state index in [-0.39, 0.29) is 6.04 Å². The van der Waals surface area contributed by atoms with E-state index in [2.05, 4.69) is 34.1 Å². The van der Waals surface area contributed by atoms with Crippen molar-refractivity contribution >= 4 is 15.9 Å². The van der Waals surface area contributed by atoms with Crippen LogP contribution in [-0.2, 0) is 0 Å². The number of hydrogen-bond donors (Lipinski definition) is 1. The lowest BCUT2D eigenvalue weighted by Crippen LogP contribution is -2.23. The molecule has 2 N–H and O–H groups in total. The number of nitrogens with two attached hydrogens (primary N) is 1. The number of benzene rings is 1.